The zero-order valence-corrected chi connectivity index (χ0v) is 14.5. The molecule has 9 nitrogen and oxygen atoms in total. The lowest BCUT2D eigenvalue weighted by molar-refractivity contribution is -0.190. The summed E-state index contributed by atoms with van der Waals surface area (Å²) in [7, 11) is 0. The maximum atomic E-state index is 11.7. The number of aliphatic hydroxyl groups is 3. The van der Waals surface area contributed by atoms with Crippen molar-refractivity contribution in [2.24, 2.45) is 0 Å². The Hall–Kier alpha value is -2.33. The molecule has 1 aromatic rings. The quantitative estimate of drug-likeness (QED) is 0.366. The van der Waals surface area contributed by atoms with Crippen LogP contribution in [0.1, 0.15) is 18.4 Å². The summed E-state index contributed by atoms with van der Waals surface area (Å²) in [5, 5.41) is 28.2. The summed E-state index contributed by atoms with van der Waals surface area (Å²) in [6.07, 6.45) is -5.79. The SMILES string of the molecule is O=C(CCC(=O)C(=O)OCCc1ccccc1)OC1O[C@H](CO)[C@H](O)[C@H]1O. The third-order valence-electron chi connectivity index (χ3n) is 4.00. The predicted molar refractivity (Wildman–Crippen MR) is 89.2 cm³/mol. The van der Waals surface area contributed by atoms with Crippen molar-refractivity contribution in [1.82, 2.24) is 0 Å². The van der Waals surface area contributed by atoms with Crippen LogP contribution in [-0.4, -0.2) is 70.9 Å². The molecule has 0 aliphatic carbocycles. The second-order valence-electron chi connectivity index (χ2n) is 5.99. The number of carbonyl (C=O) groups is 3. The minimum Gasteiger partial charge on any atom is -0.460 e. The normalized spacial score (nSPS) is 24.4. The van der Waals surface area contributed by atoms with Crippen LogP contribution in [0.15, 0.2) is 30.3 Å². The summed E-state index contributed by atoms with van der Waals surface area (Å²) >= 11 is 0. The maximum Gasteiger partial charge on any atom is 0.374 e. The van der Waals surface area contributed by atoms with Gasteiger partial charge in [0, 0.05) is 12.8 Å². The molecule has 4 atom stereocenters. The van der Waals surface area contributed by atoms with Gasteiger partial charge in [0.25, 0.3) is 0 Å². The molecule has 1 heterocycles. The standard InChI is InChI=1S/C18H22O9/c19-10-13-15(22)16(23)18(26-13)27-14(21)7-6-12(20)17(24)25-9-8-11-4-2-1-3-5-11/h1-5,13,15-16,18-19,22-23H,6-10H2/t13-,15+,16-,18?/m1/s1. The van der Waals surface area contributed by atoms with Crippen molar-refractivity contribution in [3.8, 4) is 0 Å². The van der Waals surface area contributed by atoms with Crippen LogP contribution >= 0.6 is 0 Å². The van der Waals surface area contributed by atoms with Crippen molar-refractivity contribution in [3.63, 3.8) is 0 Å². The highest BCUT2D eigenvalue weighted by atomic mass is 16.7. The van der Waals surface area contributed by atoms with Gasteiger partial charge in [-0.2, -0.15) is 0 Å². The first-order chi connectivity index (χ1) is 12.9. The van der Waals surface area contributed by atoms with Crippen molar-refractivity contribution in [3.05, 3.63) is 35.9 Å². The van der Waals surface area contributed by atoms with Gasteiger partial charge in [-0.15, -0.1) is 0 Å². The molecular weight excluding hydrogens is 360 g/mol. The number of carbonyl (C=O) groups excluding carboxylic acids is 3. The second-order valence-corrected chi connectivity index (χ2v) is 5.99. The third-order valence-corrected chi connectivity index (χ3v) is 4.00. The number of ketones is 1. The van der Waals surface area contributed by atoms with E-state index < -0.39 is 61.8 Å². The Labute approximate surface area is 155 Å². The number of aliphatic hydroxyl groups excluding tert-OH is 3. The number of ether oxygens (including phenoxy) is 3. The van der Waals surface area contributed by atoms with E-state index in [2.05, 4.69) is 0 Å². The molecule has 0 radical (unpaired) electrons. The first kappa shape index (κ1) is 21.0. The Kier molecular flexibility index (Phi) is 7.86. The molecule has 9 heteroatoms. The molecular formula is C18H22O9. The van der Waals surface area contributed by atoms with E-state index in [1.54, 1.807) is 0 Å². The van der Waals surface area contributed by atoms with E-state index in [1.807, 2.05) is 30.3 Å². The summed E-state index contributed by atoms with van der Waals surface area (Å²) in [5.74, 6) is -2.80. The van der Waals surface area contributed by atoms with E-state index in [4.69, 9.17) is 19.3 Å². The fraction of sp³-hybridized carbons (Fsp3) is 0.500. The maximum absolute atomic E-state index is 11.7. The molecule has 0 saturated carbocycles. The number of esters is 2. The fourth-order valence-electron chi connectivity index (χ4n) is 2.46. The Bertz CT molecular complexity index is 645. The first-order valence-electron chi connectivity index (χ1n) is 8.48. The molecule has 0 spiro atoms. The van der Waals surface area contributed by atoms with Crippen LogP contribution in [0.3, 0.4) is 0 Å². The molecule has 27 heavy (non-hydrogen) atoms. The van der Waals surface area contributed by atoms with Crippen molar-refractivity contribution < 1.29 is 43.9 Å². The van der Waals surface area contributed by atoms with Crippen molar-refractivity contribution in [2.45, 2.75) is 43.9 Å². The summed E-state index contributed by atoms with van der Waals surface area (Å²) in [4.78, 5) is 35.0. The highest BCUT2D eigenvalue weighted by molar-refractivity contribution is 6.33. The monoisotopic (exact) mass is 382 g/mol. The third kappa shape index (κ3) is 6.10. The lowest BCUT2D eigenvalue weighted by atomic mass is 10.1. The fourth-order valence-corrected chi connectivity index (χ4v) is 2.46. The van der Waals surface area contributed by atoms with Gasteiger partial charge < -0.3 is 29.5 Å². The highest BCUT2D eigenvalue weighted by Gasteiger charge is 2.44. The lowest BCUT2D eigenvalue weighted by Crippen LogP contribution is -2.35. The van der Waals surface area contributed by atoms with E-state index in [9.17, 15) is 24.6 Å². The number of Topliss-reactive ketones (excluding diaryl/α,β-unsaturated/α-hetero) is 1. The van der Waals surface area contributed by atoms with Gasteiger partial charge >= 0.3 is 11.9 Å². The van der Waals surface area contributed by atoms with E-state index in [0.29, 0.717) is 6.42 Å². The Balaban J connectivity index is 1.67. The molecule has 0 aromatic heterocycles. The van der Waals surface area contributed by atoms with Crippen LogP contribution in [0, 0.1) is 0 Å². The highest BCUT2D eigenvalue weighted by Crippen LogP contribution is 2.22. The molecule has 1 saturated heterocycles. The molecule has 1 aliphatic rings. The van der Waals surface area contributed by atoms with Crippen LogP contribution in [0.4, 0.5) is 0 Å². The molecule has 3 N–H and O–H groups in total. The molecule has 1 fully saturated rings. The number of rotatable bonds is 9. The smallest absolute Gasteiger partial charge is 0.374 e. The van der Waals surface area contributed by atoms with Gasteiger partial charge in [-0.1, -0.05) is 30.3 Å². The van der Waals surface area contributed by atoms with Gasteiger partial charge in [0.1, 0.15) is 18.3 Å². The summed E-state index contributed by atoms with van der Waals surface area (Å²) in [6, 6.07) is 9.28. The number of hydrogen-bond donors (Lipinski definition) is 3. The summed E-state index contributed by atoms with van der Waals surface area (Å²) < 4.78 is 14.7. The molecule has 0 amide bonds. The van der Waals surface area contributed by atoms with Crippen LogP contribution in [0.2, 0.25) is 0 Å². The van der Waals surface area contributed by atoms with Crippen molar-refractivity contribution >= 4 is 17.7 Å². The molecule has 1 aromatic carbocycles. The molecule has 1 unspecified atom stereocenters. The minimum atomic E-state index is -1.51. The zero-order chi connectivity index (χ0) is 19.8. The van der Waals surface area contributed by atoms with Gasteiger partial charge in [-0.3, -0.25) is 9.59 Å². The minimum absolute atomic E-state index is 0.0432. The molecule has 0 bridgehead atoms. The van der Waals surface area contributed by atoms with Crippen LogP contribution in [0.5, 0.6) is 0 Å². The van der Waals surface area contributed by atoms with Crippen LogP contribution < -0.4 is 0 Å². The Morgan fingerprint density at radius 1 is 1.04 bits per heavy atom. The number of benzene rings is 1. The molecule has 148 valence electrons. The van der Waals surface area contributed by atoms with Gasteiger partial charge in [-0.25, -0.2) is 4.79 Å². The Morgan fingerprint density at radius 3 is 2.37 bits per heavy atom. The lowest BCUT2D eigenvalue weighted by Gasteiger charge is -2.15. The van der Waals surface area contributed by atoms with E-state index in [0.717, 1.165) is 5.56 Å². The van der Waals surface area contributed by atoms with Crippen LogP contribution in [-0.2, 0) is 35.0 Å². The first-order valence-corrected chi connectivity index (χ1v) is 8.48. The molecule has 1 aliphatic heterocycles. The average Bonchev–Trinajstić information content (AvgIpc) is 2.94. The van der Waals surface area contributed by atoms with E-state index >= 15 is 0 Å². The van der Waals surface area contributed by atoms with Gasteiger partial charge in [-0.05, 0) is 5.56 Å². The van der Waals surface area contributed by atoms with E-state index in [-0.39, 0.29) is 6.61 Å². The van der Waals surface area contributed by atoms with Gasteiger partial charge in [0.05, 0.1) is 19.6 Å². The van der Waals surface area contributed by atoms with Gasteiger partial charge in [0.15, 0.2) is 0 Å². The topological polar surface area (TPSA) is 140 Å². The van der Waals surface area contributed by atoms with Crippen LogP contribution in [0.25, 0.3) is 0 Å². The summed E-state index contributed by atoms with van der Waals surface area (Å²) in [6.45, 7) is -0.513. The summed E-state index contributed by atoms with van der Waals surface area (Å²) in [5.41, 5.74) is 0.958. The predicted octanol–water partition coefficient (Wildman–Crippen LogP) is -0.896. The average molecular weight is 382 g/mol. The van der Waals surface area contributed by atoms with Crippen molar-refractivity contribution in [2.75, 3.05) is 13.2 Å². The van der Waals surface area contributed by atoms with Crippen molar-refractivity contribution in [1.29, 1.82) is 0 Å². The van der Waals surface area contributed by atoms with Gasteiger partial charge in [0.2, 0.25) is 12.1 Å². The van der Waals surface area contributed by atoms with E-state index in [1.165, 1.54) is 0 Å². The molecule has 2 rings (SSSR count). The Morgan fingerprint density at radius 2 is 1.74 bits per heavy atom. The largest absolute Gasteiger partial charge is 0.460 e. The number of hydrogen-bond acceptors (Lipinski definition) is 9. The zero-order valence-electron chi connectivity index (χ0n) is 14.5. The second kappa shape index (κ2) is 10.1.